The molecule has 0 N–H and O–H groups in total. The molecule has 0 spiro atoms. The van der Waals surface area contributed by atoms with Gasteiger partial charge in [0.2, 0.25) is 0 Å². The minimum Gasteiger partial charge on any atom is -0.309 e. The van der Waals surface area contributed by atoms with Crippen LogP contribution in [-0.2, 0) is 0 Å². The van der Waals surface area contributed by atoms with E-state index >= 15 is 0 Å². The molecule has 0 atom stereocenters. The van der Waals surface area contributed by atoms with Gasteiger partial charge in [-0.3, -0.25) is 9.69 Å². The normalized spacial score (nSPS) is 10.9. The van der Waals surface area contributed by atoms with Crippen LogP contribution in [0.4, 0.5) is 9.52 Å². The summed E-state index contributed by atoms with van der Waals surface area (Å²) in [6.07, 6.45) is 0.780. The molecule has 144 valence electrons. The first-order valence-corrected chi connectivity index (χ1v) is 9.36. The Kier molecular flexibility index (Phi) is 7.30. The molecule has 3 aromatic rings. The zero-order valence-corrected chi connectivity index (χ0v) is 17.2. The van der Waals surface area contributed by atoms with Gasteiger partial charge in [0.1, 0.15) is 5.82 Å². The second-order valence-electron chi connectivity index (χ2n) is 6.51. The molecular formula is C20H23ClFN3OS. The smallest absolute Gasteiger partial charge is 0.263 e. The predicted octanol–water partition coefficient (Wildman–Crippen LogP) is 4.76. The molecule has 1 amide bonds. The number of hydrogen-bond donors (Lipinski definition) is 0. The van der Waals surface area contributed by atoms with E-state index < -0.39 is 5.82 Å². The SMILES string of the molecule is Cc1cccc2sc(N(CCCN(C)C)C(=O)c3ccccc3F)nc12.Cl. The summed E-state index contributed by atoms with van der Waals surface area (Å²) >= 11 is 1.47. The number of carbonyl (C=O) groups is 1. The van der Waals surface area contributed by atoms with Crippen molar-refractivity contribution in [2.45, 2.75) is 13.3 Å². The number of fused-ring (bicyclic) bond motifs is 1. The molecule has 0 aliphatic heterocycles. The van der Waals surface area contributed by atoms with Gasteiger partial charge >= 0.3 is 0 Å². The molecule has 0 aliphatic rings. The summed E-state index contributed by atoms with van der Waals surface area (Å²) in [5.41, 5.74) is 2.04. The van der Waals surface area contributed by atoms with Crippen LogP contribution in [0.15, 0.2) is 42.5 Å². The number of rotatable bonds is 6. The van der Waals surface area contributed by atoms with Crippen molar-refractivity contribution in [3.8, 4) is 0 Å². The third kappa shape index (κ3) is 4.83. The highest BCUT2D eigenvalue weighted by Crippen LogP contribution is 2.31. The molecule has 3 rings (SSSR count). The minimum atomic E-state index is -0.507. The van der Waals surface area contributed by atoms with Gasteiger partial charge in [-0.15, -0.1) is 12.4 Å². The lowest BCUT2D eigenvalue weighted by atomic mass is 10.2. The fraction of sp³-hybridized carbons (Fsp3) is 0.300. The molecule has 0 bridgehead atoms. The highest BCUT2D eigenvalue weighted by molar-refractivity contribution is 7.22. The molecule has 4 nitrogen and oxygen atoms in total. The third-order valence-electron chi connectivity index (χ3n) is 4.18. The zero-order valence-electron chi connectivity index (χ0n) is 15.6. The van der Waals surface area contributed by atoms with Gasteiger partial charge < -0.3 is 4.90 Å². The van der Waals surface area contributed by atoms with Gasteiger partial charge in [0.15, 0.2) is 5.13 Å². The van der Waals surface area contributed by atoms with Crippen LogP contribution in [0, 0.1) is 12.7 Å². The Labute approximate surface area is 169 Å². The molecule has 7 heteroatoms. The first kappa shape index (κ1) is 21.3. The zero-order chi connectivity index (χ0) is 18.7. The summed E-state index contributed by atoms with van der Waals surface area (Å²) < 4.78 is 15.2. The maximum atomic E-state index is 14.2. The number of benzene rings is 2. The van der Waals surface area contributed by atoms with E-state index in [2.05, 4.69) is 9.88 Å². The van der Waals surface area contributed by atoms with Crippen molar-refractivity contribution in [3.05, 3.63) is 59.4 Å². The summed E-state index contributed by atoms with van der Waals surface area (Å²) in [5, 5.41) is 0.612. The summed E-state index contributed by atoms with van der Waals surface area (Å²) in [6.45, 7) is 3.33. The summed E-state index contributed by atoms with van der Waals surface area (Å²) in [6, 6.07) is 12.1. The number of amides is 1. The van der Waals surface area contributed by atoms with E-state index in [0.29, 0.717) is 11.7 Å². The van der Waals surface area contributed by atoms with Crippen LogP contribution in [0.5, 0.6) is 0 Å². The number of nitrogens with zero attached hydrogens (tertiary/aromatic N) is 3. The van der Waals surface area contributed by atoms with Crippen LogP contribution in [-0.4, -0.2) is 43.0 Å². The standard InChI is InChI=1S/C20H22FN3OS.ClH/c1-14-8-6-11-17-18(14)22-20(26-17)24(13-7-12-23(2)3)19(25)15-9-4-5-10-16(15)21;/h4-6,8-11H,7,12-13H2,1-3H3;1H. The number of para-hydroxylation sites is 1. The molecule has 0 unspecified atom stereocenters. The second-order valence-corrected chi connectivity index (χ2v) is 7.52. The minimum absolute atomic E-state index is 0. The van der Waals surface area contributed by atoms with Gasteiger partial charge in [0.25, 0.3) is 5.91 Å². The van der Waals surface area contributed by atoms with Crippen LogP contribution in [0.1, 0.15) is 22.3 Å². The lowest BCUT2D eigenvalue weighted by molar-refractivity contribution is 0.0982. The molecule has 0 radical (unpaired) electrons. The molecule has 1 aromatic heterocycles. The van der Waals surface area contributed by atoms with Crippen molar-refractivity contribution in [2.24, 2.45) is 0 Å². The number of halogens is 2. The quantitative estimate of drug-likeness (QED) is 0.590. The first-order valence-electron chi connectivity index (χ1n) is 8.54. The number of carbonyl (C=O) groups excluding carboxylic acids is 1. The number of hydrogen-bond acceptors (Lipinski definition) is 4. The molecule has 0 aliphatic carbocycles. The Morgan fingerprint density at radius 1 is 1.11 bits per heavy atom. The lowest BCUT2D eigenvalue weighted by Crippen LogP contribution is -2.34. The van der Waals surface area contributed by atoms with E-state index in [1.165, 1.54) is 23.5 Å². The maximum Gasteiger partial charge on any atom is 0.263 e. The Hall–Kier alpha value is -2.02. The lowest BCUT2D eigenvalue weighted by Gasteiger charge is -2.21. The Bertz CT molecular complexity index is 928. The van der Waals surface area contributed by atoms with Gasteiger partial charge in [0.05, 0.1) is 15.8 Å². The average molecular weight is 408 g/mol. The fourth-order valence-electron chi connectivity index (χ4n) is 2.80. The van der Waals surface area contributed by atoms with Crippen LogP contribution in [0.25, 0.3) is 10.2 Å². The number of anilines is 1. The molecular weight excluding hydrogens is 385 g/mol. The van der Waals surface area contributed by atoms with Gasteiger partial charge in [0, 0.05) is 6.54 Å². The van der Waals surface area contributed by atoms with Gasteiger partial charge in [-0.05, 0) is 57.7 Å². The second kappa shape index (κ2) is 9.26. The monoisotopic (exact) mass is 407 g/mol. The number of thiazole rings is 1. The van der Waals surface area contributed by atoms with E-state index in [1.54, 1.807) is 17.0 Å². The van der Waals surface area contributed by atoms with Crippen molar-refractivity contribution in [1.82, 2.24) is 9.88 Å². The topological polar surface area (TPSA) is 36.4 Å². The summed E-state index contributed by atoms with van der Waals surface area (Å²) in [4.78, 5) is 21.4. The Morgan fingerprint density at radius 3 is 2.52 bits per heavy atom. The maximum absolute atomic E-state index is 14.2. The average Bonchev–Trinajstić information content (AvgIpc) is 3.03. The van der Waals surface area contributed by atoms with Gasteiger partial charge in [-0.1, -0.05) is 35.6 Å². The van der Waals surface area contributed by atoms with E-state index in [1.807, 2.05) is 39.2 Å². The largest absolute Gasteiger partial charge is 0.309 e. The summed E-state index contributed by atoms with van der Waals surface area (Å²) in [7, 11) is 3.98. The van der Waals surface area contributed by atoms with Crippen LogP contribution < -0.4 is 4.90 Å². The van der Waals surface area contributed by atoms with E-state index in [4.69, 9.17) is 0 Å². The van der Waals surface area contributed by atoms with Crippen LogP contribution in [0.3, 0.4) is 0 Å². The fourth-order valence-corrected chi connectivity index (χ4v) is 3.87. The van der Waals surface area contributed by atoms with Crippen molar-refractivity contribution >= 4 is 45.0 Å². The first-order chi connectivity index (χ1) is 12.5. The van der Waals surface area contributed by atoms with Crippen molar-refractivity contribution in [3.63, 3.8) is 0 Å². The third-order valence-corrected chi connectivity index (χ3v) is 5.22. The number of aryl methyl sites for hydroxylation is 1. The van der Waals surface area contributed by atoms with Gasteiger partial charge in [-0.25, -0.2) is 9.37 Å². The molecule has 2 aromatic carbocycles. The summed E-state index contributed by atoms with van der Waals surface area (Å²) in [5.74, 6) is -0.856. The Morgan fingerprint density at radius 2 is 1.85 bits per heavy atom. The predicted molar refractivity (Wildman–Crippen MR) is 113 cm³/mol. The molecule has 27 heavy (non-hydrogen) atoms. The van der Waals surface area contributed by atoms with Crippen molar-refractivity contribution in [2.75, 3.05) is 32.1 Å². The van der Waals surface area contributed by atoms with Crippen molar-refractivity contribution in [1.29, 1.82) is 0 Å². The van der Waals surface area contributed by atoms with Gasteiger partial charge in [-0.2, -0.15) is 0 Å². The van der Waals surface area contributed by atoms with Crippen LogP contribution in [0.2, 0.25) is 0 Å². The molecule has 1 heterocycles. The highest BCUT2D eigenvalue weighted by Gasteiger charge is 2.23. The van der Waals surface area contributed by atoms with E-state index in [0.717, 1.165) is 28.7 Å². The highest BCUT2D eigenvalue weighted by atomic mass is 35.5. The number of aromatic nitrogens is 1. The Balaban J connectivity index is 0.00000261. The molecule has 0 saturated heterocycles. The molecule has 0 fully saturated rings. The van der Waals surface area contributed by atoms with Crippen LogP contribution >= 0.6 is 23.7 Å². The molecule has 0 saturated carbocycles. The van der Waals surface area contributed by atoms with E-state index in [-0.39, 0.29) is 23.9 Å². The van der Waals surface area contributed by atoms with E-state index in [9.17, 15) is 9.18 Å². The van der Waals surface area contributed by atoms with Crippen molar-refractivity contribution < 1.29 is 9.18 Å².